The molecule has 1 unspecified atom stereocenters. The summed E-state index contributed by atoms with van der Waals surface area (Å²) in [6, 6.07) is 6.47. The largest absolute Gasteiger partial charge is 0.493 e. The molecule has 142 valence electrons. The van der Waals surface area contributed by atoms with E-state index < -0.39 is 0 Å². The fourth-order valence-corrected chi connectivity index (χ4v) is 3.96. The maximum absolute atomic E-state index is 5.51. The minimum Gasteiger partial charge on any atom is -0.493 e. The number of ether oxygens (including phenoxy) is 3. The van der Waals surface area contributed by atoms with E-state index in [-0.39, 0.29) is 0 Å². The highest BCUT2D eigenvalue weighted by atomic mass is 16.5. The lowest BCUT2D eigenvalue weighted by atomic mass is 9.60. The number of benzene rings is 1. The van der Waals surface area contributed by atoms with Gasteiger partial charge in [-0.05, 0) is 74.2 Å². The molecule has 4 heteroatoms. The smallest absolute Gasteiger partial charge is 0.161 e. The summed E-state index contributed by atoms with van der Waals surface area (Å²) in [6.45, 7) is 5.36. The minimum absolute atomic E-state index is 0.328. The molecule has 0 bridgehead atoms. The van der Waals surface area contributed by atoms with Gasteiger partial charge in [-0.3, -0.25) is 0 Å². The number of hydrogen-bond acceptors (Lipinski definition) is 4. The number of methoxy groups -OCH3 is 3. The summed E-state index contributed by atoms with van der Waals surface area (Å²) in [5.41, 5.74) is 1.74. The van der Waals surface area contributed by atoms with Gasteiger partial charge in [0.25, 0.3) is 0 Å². The van der Waals surface area contributed by atoms with E-state index in [1.54, 1.807) is 21.3 Å². The van der Waals surface area contributed by atoms with E-state index in [2.05, 4.69) is 30.4 Å². The zero-order valence-electron chi connectivity index (χ0n) is 16.4. The van der Waals surface area contributed by atoms with Crippen LogP contribution in [-0.4, -0.2) is 41.0 Å². The maximum atomic E-state index is 5.51. The van der Waals surface area contributed by atoms with Crippen molar-refractivity contribution < 1.29 is 14.2 Å². The van der Waals surface area contributed by atoms with Gasteiger partial charge < -0.3 is 19.5 Å². The highest BCUT2D eigenvalue weighted by Gasteiger charge is 2.39. The average molecular weight is 350 g/mol. The summed E-state index contributed by atoms with van der Waals surface area (Å²) in [4.78, 5) is 0. The molecular formula is C21H35NO3. The molecule has 0 heterocycles. The molecule has 0 saturated heterocycles. The Morgan fingerprint density at radius 3 is 2.44 bits per heavy atom. The van der Waals surface area contributed by atoms with E-state index in [0.29, 0.717) is 11.3 Å². The summed E-state index contributed by atoms with van der Waals surface area (Å²) in [7, 11) is 5.17. The van der Waals surface area contributed by atoms with Crippen molar-refractivity contribution in [1.82, 2.24) is 5.32 Å². The van der Waals surface area contributed by atoms with E-state index in [4.69, 9.17) is 14.2 Å². The van der Waals surface area contributed by atoms with Crippen LogP contribution in [0.15, 0.2) is 18.2 Å². The van der Waals surface area contributed by atoms with Crippen molar-refractivity contribution in [1.29, 1.82) is 0 Å². The summed E-state index contributed by atoms with van der Waals surface area (Å²) in [5, 5.41) is 3.53. The Bertz CT molecular complexity index is 514. The van der Waals surface area contributed by atoms with Gasteiger partial charge in [-0.15, -0.1) is 0 Å². The van der Waals surface area contributed by atoms with Gasteiger partial charge in [-0.25, -0.2) is 0 Å². The third-order valence-corrected chi connectivity index (χ3v) is 5.56. The molecular weight excluding hydrogens is 314 g/mol. The molecule has 1 aliphatic carbocycles. The van der Waals surface area contributed by atoms with Crippen LogP contribution in [-0.2, 0) is 10.2 Å². The molecule has 0 radical (unpaired) electrons. The van der Waals surface area contributed by atoms with E-state index in [0.717, 1.165) is 37.6 Å². The standard InChI is InChI=1S/C21H35NO3/c1-17(9-13-22-12-6-14-23-2)16-21(10-5-11-21)18-7-8-19(24-3)20(15-18)25-4/h7-8,15,17,22H,5-6,9-14,16H2,1-4H3. The average Bonchev–Trinajstić information content (AvgIpc) is 2.60. The molecule has 0 spiro atoms. The number of nitrogens with one attached hydrogen (secondary N) is 1. The molecule has 1 saturated carbocycles. The number of rotatable bonds is 12. The van der Waals surface area contributed by atoms with E-state index in [9.17, 15) is 0 Å². The Morgan fingerprint density at radius 2 is 1.84 bits per heavy atom. The van der Waals surface area contributed by atoms with Gasteiger partial charge in [0.1, 0.15) is 0 Å². The van der Waals surface area contributed by atoms with Crippen molar-refractivity contribution in [3.8, 4) is 11.5 Å². The second-order valence-corrected chi connectivity index (χ2v) is 7.40. The van der Waals surface area contributed by atoms with Crippen molar-refractivity contribution in [3.05, 3.63) is 23.8 Å². The van der Waals surface area contributed by atoms with Gasteiger partial charge >= 0.3 is 0 Å². The van der Waals surface area contributed by atoms with E-state index >= 15 is 0 Å². The Kier molecular flexibility index (Phi) is 8.04. The van der Waals surface area contributed by atoms with Crippen molar-refractivity contribution in [2.75, 3.05) is 41.0 Å². The van der Waals surface area contributed by atoms with Gasteiger partial charge in [0, 0.05) is 13.7 Å². The van der Waals surface area contributed by atoms with Crippen LogP contribution in [0.3, 0.4) is 0 Å². The molecule has 4 nitrogen and oxygen atoms in total. The van der Waals surface area contributed by atoms with Crippen LogP contribution in [0.2, 0.25) is 0 Å². The summed E-state index contributed by atoms with van der Waals surface area (Å²) < 4.78 is 16.0. The quantitative estimate of drug-likeness (QED) is 0.575. The van der Waals surface area contributed by atoms with E-state index in [1.165, 1.54) is 37.7 Å². The first-order chi connectivity index (χ1) is 12.1. The van der Waals surface area contributed by atoms with Crippen LogP contribution in [0.1, 0.15) is 51.0 Å². The van der Waals surface area contributed by atoms with Crippen LogP contribution >= 0.6 is 0 Å². The van der Waals surface area contributed by atoms with Crippen molar-refractivity contribution in [2.24, 2.45) is 5.92 Å². The normalized spacial score (nSPS) is 17.0. The lowest BCUT2D eigenvalue weighted by Crippen LogP contribution is -2.36. The molecule has 0 aromatic heterocycles. The van der Waals surface area contributed by atoms with Crippen LogP contribution in [0.4, 0.5) is 0 Å². The van der Waals surface area contributed by atoms with Crippen molar-refractivity contribution in [2.45, 2.75) is 50.9 Å². The molecule has 1 aliphatic rings. The first-order valence-corrected chi connectivity index (χ1v) is 9.57. The topological polar surface area (TPSA) is 39.7 Å². The first-order valence-electron chi connectivity index (χ1n) is 9.57. The molecule has 1 N–H and O–H groups in total. The Balaban J connectivity index is 1.89. The van der Waals surface area contributed by atoms with Gasteiger partial charge in [-0.2, -0.15) is 0 Å². The summed E-state index contributed by atoms with van der Waals surface area (Å²) in [5.74, 6) is 2.37. The highest BCUT2D eigenvalue weighted by molar-refractivity contribution is 5.45. The molecule has 2 rings (SSSR count). The third kappa shape index (κ3) is 5.35. The molecule has 0 amide bonds. The predicted octanol–water partition coefficient (Wildman–Crippen LogP) is 4.17. The zero-order chi connectivity index (χ0) is 18.1. The predicted molar refractivity (Wildman–Crippen MR) is 103 cm³/mol. The lowest BCUT2D eigenvalue weighted by molar-refractivity contribution is 0.187. The SMILES string of the molecule is COCCCNCCC(C)CC1(c2ccc(OC)c(OC)c2)CCC1. The molecule has 0 aliphatic heterocycles. The second-order valence-electron chi connectivity index (χ2n) is 7.40. The van der Waals surface area contributed by atoms with Crippen molar-refractivity contribution >= 4 is 0 Å². The lowest BCUT2D eigenvalue weighted by Gasteiger charge is -2.44. The molecule has 25 heavy (non-hydrogen) atoms. The Labute approximate surface area is 153 Å². The highest BCUT2D eigenvalue weighted by Crippen LogP contribution is 2.50. The zero-order valence-corrected chi connectivity index (χ0v) is 16.4. The molecule has 1 fully saturated rings. The fraction of sp³-hybridized carbons (Fsp3) is 0.714. The maximum Gasteiger partial charge on any atom is 0.161 e. The van der Waals surface area contributed by atoms with Crippen molar-refractivity contribution in [3.63, 3.8) is 0 Å². The number of hydrogen-bond donors (Lipinski definition) is 1. The fourth-order valence-electron chi connectivity index (χ4n) is 3.96. The van der Waals surface area contributed by atoms with Crippen LogP contribution in [0.5, 0.6) is 11.5 Å². The second kappa shape index (κ2) is 10.0. The summed E-state index contributed by atoms with van der Waals surface area (Å²) in [6.07, 6.45) is 7.46. The molecule has 1 aromatic carbocycles. The van der Waals surface area contributed by atoms with Gasteiger partial charge in [0.15, 0.2) is 11.5 Å². The first kappa shape index (κ1) is 20.1. The van der Waals surface area contributed by atoms with Crippen LogP contribution < -0.4 is 14.8 Å². The third-order valence-electron chi connectivity index (χ3n) is 5.56. The van der Waals surface area contributed by atoms with Gasteiger partial charge in [-0.1, -0.05) is 19.4 Å². The monoisotopic (exact) mass is 349 g/mol. The molecule has 1 aromatic rings. The van der Waals surface area contributed by atoms with Crippen LogP contribution in [0, 0.1) is 5.92 Å². The Morgan fingerprint density at radius 1 is 1.08 bits per heavy atom. The minimum atomic E-state index is 0.328. The van der Waals surface area contributed by atoms with E-state index in [1.807, 2.05) is 0 Å². The summed E-state index contributed by atoms with van der Waals surface area (Å²) >= 11 is 0. The van der Waals surface area contributed by atoms with Crippen LogP contribution in [0.25, 0.3) is 0 Å². The Hall–Kier alpha value is -1.26. The van der Waals surface area contributed by atoms with Gasteiger partial charge in [0.05, 0.1) is 14.2 Å². The molecule has 1 atom stereocenters. The van der Waals surface area contributed by atoms with Gasteiger partial charge in [0.2, 0.25) is 0 Å².